The number of aromatic nitrogens is 2. The summed E-state index contributed by atoms with van der Waals surface area (Å²) in [5.74, 6) is 1.24. The molecule has 0 aliphatic heterocycles. The molecular weight excluding hydrogens is 387 g/mol. The lowest BCUT2D eigenvalue weighted by molar-refractivity contribution is 0.230. The second-order valence-corrected chi connectivity index (χ2v) is 6.94. The number of methoxy groups -OCH3 is 1. The summed E-state index contributed by atoms with van der Waals surface area (Å²) in [4.78, 5) is 19.3. The first-order chi connectivity index (χ1) is 12.9. The molecule has 0 unspecified atom stereocenters. The van der Waals surface area contributed by atoms with Crippen LogP contribution in [0.2, 0.25) is 5.02 Å². The van der Waals surface area contributed by atoms with Crippen molar-refractivity contribution >= 4 is 45.2 Å². The number of ether oxygens (including phenoxy) is 2. The maximum Gasteiger partial charge on any atom is 0.259 e. The first-order valence-corrected chi connectivity index (χ1v) is 9.05. The van der Waals surface area contributed by atoms with Crippen molar-refractivity contribution in [2.75, 3.05) is 7.11 Å². The van der Waals surface area contributed by atoms with Crippen molar-refractivity contribution in [3.63, 3.8) is 0 Å². The van der Waals surface area contributed by atoms with Crippen molar-refractivity contribution in [1.29, 1.82) is 0 Å². The number of rotatable bonds is 5. The molecular formula is C20H18Cl2N2O3. The van der Waals surface area contributed by atoms with Gasteiger partial charge in [-0.2, -0.15) is 0 Å². The second-order valence-electron chi connectivity index (χ2n) is 6.12. The summed E-state index contributed by atoms with van der Waals surface area (Å²) < 4.78 is 11.1. The van der Waals surface area contributed by atoms with Gasteiger partial charge in [0.15, 0.2) is 17.3 Å². The molecule has 5 nitrogen and oxygen atoms in total. The van der Waals surface area contributed by atoms with Gasteiger partial charge in [-0.1, -0.05) is 35.3 Å². The summed E-state index contributed by atoms with van der Waals surface area (Å²) in [5, 5.41) is 1.18. The third-order valence-electron chi connectivity index (χ3n) is 3.74. The quantitative estimate of drug-likeness (QED) is 0.641. The molecule has 27 heavy (non-hydrogen) atoms. The standard InChI is InChI=1S/C20H18Cl2N2O3/c1-11(2)27-18-14(21)8-12(10-17(18)26-3)9-15(22)19-23-16-7-5-4-6-13(16)20(25)24-19/h4-11H,1-3H3,(H,23,24,25)/b15-9-. The maximum atomic E-state index is 12.2. The molecule has 1 N–H and O–H groups in total. The number of nitrogens with one attached hydrogen (secondary N) is 1. The number of halogens is 2. The molecule has 0 bridgehead atoms. The maximum absolute atomic E-state index is 12.2. The number of aromatic amines is 1. The minimum absolute atomic E-state index is 0.0479. The van der Waals surface area contributed by atoms with Crippen LogP contribution in [-0.2, 0) is 0 Å². The van der Waals surface area contributed by atoms with Crippen LogP contribution in [0.5, 0.6) is 11.5 Å². The van der Waals surface area contributed by atoms with E-state index in [0.29, 0.717) is 33.0 Å². The Kier molecular flexibility index (Phi) is 5.73. The van der Waals surface area contributed by atoms with Gasteiger partial charge in [0.1, 0.15) is 0 Å². The Hall–Kier alpha value is -2.50. The van der Waals surface area contributed by atoms with Crippen molar-refractivity contribution < 1.29 is 9.47 Å². The molecule has 0 saturated carbocycles. The van der Waals surface area contributed by atoms with E-state index in [2.05, 4.69) is 9.97 Å². The smallest absolute Gasteiger partial charge is 0.259 e. The van der Waals surface area contributed by atoms with E-state index in [9.17, 15) is 4.79 Å². The molecule has 0 spiro atoms. The van der Waals surface area contributed by atoms with E-state index in [1.54, 1.807) is 36.4 Å². The average Bonchev–Trinajstić information content (AvgIpc) is 2.63. The summed E-state index contributed by atoms with van der Waals surface area (Å²) in [6.45, 7) is 3.81. The summed E-state index contributed by atoms with van der Waals surface area (Å²) in [6.07, 6.45) is 1.61. The average molecular weight is 405 g/mol. The van der Waals surface area contributed by atoms with E-state index >= 15 is 0 Å². The van der Waals surface area contributed by atoms with Crippen molar-refractivity contribution in [1.82, 2.24) is 9.97 Å². The van der Waals surface area contributed by atoms with Crippen LogP contribution >= 0.6 is 23.2 Å². The van der Waals surface area contributed by atoms with Crippen LogP contribution in [0.15, 0.2) is 41.2 Å². The zero-order valence-electron chi connectivity index (χ0n) is 15.0. The van der Waals surface area contributed by atoms with Gasteiger partial charge in [0.25, 0.3) is 5.56 Å². The normalized spacial score (nSPS) is 11.9. The van der Waals surface area contributed by atoms with Gasteiger partial charge < -0.3 is 14.5 Å². The number of hydrogen-bond donors (Lipinski definition) is 1. The number of H-pyrrole nitrogens is 1. The van der Waals surface area contributed by atoms with Gasteiger partial charge in [-0.05, 0) is 49.8 Å². The van der Waals surface area contributed by atoms with E-state index in [4.69, 9.17) is 32.7 Å². The molecule has 0 aliphatic carbocycles. The van der Waals surface area contributed by atoms with Crippen LogP contribution in [0.4, 0.5) is 0 Å². The van der Waals surface area contributed by atoms with Gasteiger partial charge in [0.05, 0.1) is 34.2 Å². The van der Waals surface area contributed by atoms with Gasteiger partial charge in [0, 0.05) is 0 Å². The molecule has 0 amide bonds. The molecule has 1 aromatic heterocycles. The molecule has 7 heteroatoms. The van der Waals surface area contributed by atoms with E-state index in [-0.39, 0.29) is 22.5 Å². The Balaban J connectivity index is 2.03. The Bertz CT molecular complexity index is 1070. The fourth-order valence-corrected chi connectivity index (χ4v) is 3.07. The minimum atomic E-state index is -0.251. The predicted octanol–water partition coefficient (Wildman–Crippen LogP) is 5.11. The Morgan fingerprint density at radius 2 is 2.00 bits per heavy atom. The highest BCUT2D eigenvalue weighted by Gasteiger charge is 2.14. The molecule has 0 saturated heterocycles. The molecule has 0 radical (unpaired) electrons. The highest BCUT2D eigenvalue weighted by atomic mass is 35.5. The van der Waals surface area contributed by atoms with E-state index in [1.165, 1.54) is 7.11 Å². The molecule has 3 aromatic rings. The molecule has 0 atom stereocenters. The Morgan fingerprint density at radius 3 is 2.70 bits per heavy atom. The summed E-state index contributed by atoms with van der Waals surface area (Å²) in [7, 11) is 1.54. The first-order valence-electron chi connectivity index (χ1n) is 8.30. The minimum Gasteiger partial charge on any atom is -0.493 e. The number of fused-ring (bicyclic) bond motifs is 1. The SMILES string of the molecule is COc1cc(/C=C(\Cl)c2nc3ccccc3c(=O)[nH]2)cc(Cl)c1OC(C)C. The molecule has 1 heterocycles. The molecule has 140 valence electrons. The van der Waals surface area contributed by atoms with E-state index in [1.807, 2.05) is 19.9 Å². The van der Waals surface area contributed by atoms with Crippen LogP contribution in [0.1, 0.15) is 25.2 Å². The van der Waals surface area contributed by atoms with Crippen LogP contribution in [0.25, 0.3) is 22.0 Å². The molecule has 3 rings (SSSR count). The summed E-state index contributed by atoms with van der Waals surface area (Å²) in [5.41, 5.74) is 1.01. The zero-order valence-corrected chi connectivity index (χ0v) is 16.6. The third kappa shape index (κ3) is 4.26. The van der Waals surface area contributed by atoms with Crippen LogP contribution in [-0.4, -0.2) is 23.2 Å². The highest BCUT2D eigenvalue weighted by molar-refractivity contribution is 6.50. The largest absolute Gasteiger partial charge is 0.493 e. The third-order valence-corrected chi connectivity index (χ3v) is 4.31. The number of para-hydroxylation sites is 1. The van der Waals surface area contributed by atoms with Crippen LogP contribution in [0.3, 0.4) is 0 Å². The van der Waals surface area contributed by atoms with Crippen molar-refractivity contribution in [2.24, 2.45) is 0 Å². The summed E-state index contributed by atoms with van der Waals surface area (Å²) >= 11 is 12.7. The van der Waals surface area contributed by atoms with Gasteiger partial charge in [-0.3, -0.25) is 4.79 Å². The first kappa shape index (κ1) is 19.3. The van der Waals surface area contributed by atoms with E-state index in [0.717, 1.165) is 0 Å². The summed E-state index contributed by atoms with van der Waals surface area (Å²) in [6, 6.07) is 10.5. The fourth-order valence-electron chi connectivity index (χ4n) is 2.59. The number of nitrogens with zero attached hydrogens (tertiary/aromatic N) is 1. The Morgan fingerprint density at radius 1 is 1.26 bits per heavy atom. The molecule has 0 aliphatic rings. The van der Waals surface area contributed by atoms with Crippen molar-refractivity contribution in [3.8, 4) is 11.5 Å². The number of benzene rings is 2. The lowest BCUT2D eigenvalue weighted by Crippen LogP contribution is -2.10. The van der Waals surface area contributed by atoms with Crippen molar-refractivity contribution in [3.05, 3.63) is 63.2 Å². The molecule has 0 fully saturated rings. The lowest BCUT2D eigenvalue weighted by Gasteiger charge is -2.15. The van der Waals surface area contributed by atoms with Gasteiger partial charge in [-0.15, -0.1) is 0 Å². The lowest BCUT2D eigenvalue weighted by atomic mass is 10.1. The van der Waals surface area contributed by atoms with Crippen LogP contribution < -0.4 is 15.0 Å². The van der Waals surface area contributed by atoms with E-state index < -0.39 is 0 Å². The fraction of sp³-hybridized carbons (Fsp3) is 0.200. The monoisotopic (exact) mass is 404 g/mol. The Labute approximate surface area is 166 Å². The second kappa shape index (κ2) is 8.03. The zero-order chi connectivity index (χ0) is 19.6. The van der Waals surface area contributed by atoms with Crippen molar-refractivity contribution in [2.45, 2.75) is 20.0 Å². The van der Waals surface area contributed by atoms with Gasteiger partial charge in [-0.25, -0.2) is 4.98 Å². The number of hydrogen-bond acceptors (Lipinski definition) is 4. The van der Waals surface area contributed by atoms with Gasteiger partial charge >= 0.3 is 0 Å². The predicted molar refractivity (Wildman–Crippen MR) is 110 cm³/mol. The highest BCUT2D eigenvalue weighted by Crippen LogP contribution is 2.38. The molecule has 2 aromatic carbocycles. The van der Waals surface area contributed by atoms with Gasteiger partial charge in [0.2, 0.25) is 0 Å². The topological polar surface area (TPSA) is 64.2 Å². The van der Waals surface area contributed by atoms with Crippen LogP contribution in [0, 0.1) is 0 Å².